The van der Waals surface area contributed by atoms with E-state index in [4.69, 9.17) is 21.4 Å². The largest absolute Gasteiger partial charge is 0.488 e. The Hall–Kier alpha value is -3.35. The Morgan fingerprint density at radius 3 is 2.66 bits per heavy atom. The van der Waals surface area contributed by atoms with Crippen molar-refractivity contribution in [1.82, 2.24) is 4.90 Å². The van der Waals surface area contributed by atoms with Crippen LogP contribution in [0.1, 0.15) is 16.9 Å². The lowest BCUT2D eigenvalue weighted by atomic mass is 10.1. The second-order valence-corrected chi connectivity index (χ2v) is 8.99. The van der Waals surface area contributed by atoms with Crippen molar-refractivity contribution in [2.45, 2.75) is 13.2 Å². The first-order valence-electron chi connectivity index (χ1n) is 10.2. The number of hydrogen-bond donors (Lipinski definition) is 0. The van der Waals surface area contributed by atoms with E-state index in [-0.39, 0.29) is 5.91 Å². The quantitative estimate of drug-likeness (QED) is 0.247. The summed E-state index contributed by atoms with van der Waals surface area (Å²) in [5, 5.41) is 2.35. The highest BCUT2D eigenvalue weighted by Crippen LogP contribution is 2.35. The van der Waals surface area contributed by atoms with Crippen LogP contribution in [0.4, 0.5) is 0 Å². The summed E-state index contributed by atoms with van der Waals surface area (Å²) in [6, 6.07) is 25.8. The molecule has 0 N–H and O–H groups in total. The maximum atomic E-state index is 13.0. The van der Waals surface area contributed by atoms with Crippen LogP contribution in [0.3, 0.4) is 0 Å². The standard InChI is InChI=1S/C26H19NO3S2/c28-25-24(32-26(31)27(25)16-21-11-6-14-29-21)15-19-8-2-4-13-23(19)30-17-20-10-5-9-18-7-1-3-12-22(18)20/h1-15H,16-17H2/b24-15-. The Morgan fingerprint density at radius 2 is 1.78 bits per heavy atom. The maximum absolute atomic E-state index is 13.0. The normalized spacial score (nSPS) is 15.1. The predicted molar refractivity (Wildman–Crippen MR) is 132 cm³/mol. The van der Waals surface area contributed by atoms with Crippen LogP contribution in [0, 0.1) is 0 Å². The molecule has 4 nitrogen and oxygen atoms in total. The Bertz CT molecular complexity index is 1320. The van der Waals surface area contributed by atoms with Gasteiger partial charge in [0.05, 0.1) is 17.7 Å². The maximum Gasteiger partial charge on any atom is 0.266 e. The minimum atomic E-state index is -0.125. The molecule has 2 heterocycles. The number of furan rings is 1. The molecule has 0 unspecified atom stereocenters. The van der Waals surface area contributed by atoms with E-state index in [0.29, 0.717) is 28.1 Å². The zero-order valence-electron chi connectivity index (χ0n) is 17.1. The lowest BCUT2D eigenvalue weighted by Crippen LogP contribution is -2.27. The third kappa shape index (κ3) is 4.20. The van der Waals surface area contributed by atoms with Crippen molar-refractivity contribution in [2.24, 2.45) is 0 Å². The average Bonchev–Trinajstić information content (AvgIpc) is 3.42. The molecule has 1 aliphatic heterocycles. The van der Waals surface area contributed by atoms with Crippen LogP contribution in [-0.4, -0.2) is 15.1 Å². The fourth-order valence-corrected chi connectivity index (χ4v) is 4.89. The van der Waals surface area contributed by atoms with Gasteiger partial charge in [0.2, 0.25) is 0 Å². The number of hydrogen-bond acceptors (Lipinski definition) is 5. The molecule has 5 rings (SSSR count). The summed E-state index contributed by atoms with van der Waals surface area (Å²) in [7, 11) is 0. The number of thioether (sulfide) groups is 1. The fourth-order valence-electron chi connectivity index (χ4n) is 3.64. The van der Waals surface area contributed by atoms with Gasteiger partial charge >= 0.3 is 0 Å². The molecule has 4 aromatic rings. The lowest BCUT2D eigenvalue weighted by molar-refractivity contribution is -0.122. The van der Waals surface area contributed by atoms with Crippen molar-refractivity contribution in [3.05, 3.63) is 107 Å². The molecular weight excluding hydrogens is 438 g/mol. The van der Waals surface area contributed by atoms with Gasteiger partial charge in [0, 0.05) is 5.56 Å². The molecule has 32 heavy (non-hydrogen) atoms. The minimum Gasteiger partial charge on any atom is -0.488 e. The van der Waals surface area contributed by atoms with E-state index in [0.717, 1.165) is 16.9 Å². The highest BCUT2D eigenvalue weighted by Gasteiger charge is 2.32. The Kier molecular flexibility index (Phi) is 5.79. The summed E-state index contributed by atoms with van der Waals surface area (Å²) in [5.41, 5.74) is 1.95. The third-order valence-electron chi connectivity index (χ3n) is 5.24. The van der Waals surface area contributed by atoms with Crippen LogP contribution in [0.2, 0.25) is 0 Å². The van der Waals surface area contributed by atoms with Gasteiger partial charge in [0.1, 0.15) is 22.4 Å². The summed E-state index contributed by atoms with van der Waals surface area (Å²) in [4.78, 5) is 15.1. The minimum absolute atomic E-state index is 0.125. The molecule has 0 spiro atoms. The SMILES string of the molecule is O=C1/C(=C/c2ccccc2OCc2cccc3ccccc23)SC(=S)N1Cc1ccco1. The van der Waals surface area contributed by atoms with E-state index in [1.54, 1.807) is 17.2 Å². The number of rotatable bonds is 6. The number of thiocarbonyl (C=S) groups is 1. The van der Waals surface area contributed by atoms with Crippen LogP contribution >= 0.6 is 24.0 Å². The molecule has 1 fully saturated rings. The summed E-state index contributed by atoms with van der Waals surface area (Å²) < 4.78 is 12.1. The highest BCUT2D eigenvalue weighted by molar-refractivity contribution is 8.26. The van der Waals surface area contributed by atoms with Gasteiger partial charge in [-0.25, -0.2) is 0 Å². The van der Waals surface area contributed by atoms with Crippen molar-refractivity contribution >= 4 is 51.1 Å². The van der Waals surface area contributed by atoms with Gasteiger partial charge in [-0.2, -0.15) is 0 Å². The number of nitrogens with zero attached hydrogens (tertiary/aromatic N) is 1. The smallest absolute Gasteiger partial charge is 0.266 e. The second kappa shape index (κ2) is 9.02. The van der Waals surface area contributed by atoms with Crippen LogP contribution < -0.4 is 4.74 Å². The average molecular weight is 458 g/mol. The van der Waals surface area contributed by atoms with Crippen molar-refractivity contribution < 1.29 is 13.9 Å². The van der Waals surface area contributed by atoms with Gasteiger partial charge in [-0.1, -0.05) is 84.6 Å². The van der Waals surface area contributed by atoms with Gasteiger partial charge in [-0.05, 0) is 40.6 Å². The molecule has 0 bridgehead atoms. The first-order chi connectivity index (χ1) is 15.7. The Morgan fingerprint density at radius 1 is 0.969 bits per heavy atom. The molecule has 3 aromatic carbocycles. The number of fused-ring (bicyclic) bond motifs is 1. The van der Waals surface area contributed by atoms with E-state index in [2.05, 4.69) is 24.3 Å². The van der Waals surface area contributed by atoms with Gasteiger partial charge in [0.15, 0.2) is 0 Å². The number of ether oxygens (including phenoxy) is 1. The molecule has 0 saturated carbocycles. The summed E-state index contributed by atoms with van der Waals surface area (Å²) in [5.74, 6) is 1.29. The summed E-state index contributed by atoms with van der Waals surface area (Å²) in [6.45, 7) is 0.764. The number of carbonyl (C=O) groups excluding carboxylic acids is 1. The molecule has 0 aliphatic carbocycles. The number of carbonyl (C=O) groups is 1. The molecule has 158 valence electrons. The predicted octanol–water partition coefficient (Wildman–Crippen LogP) is 6.41. The van der Waals surface area contributed by atoms with Crippen molar-refractivity contribution in [2.75, 3.05) is 0 Å². The lowest BCUT2D eigenvalue weighted by Gasteiger charge is -2.12. The molecule has 6 heteroatoms. The monoisotopic (exact) mass is 457 g/mol. The Balaban J connectivity index is 1.37. The fraction of sp³-hybridized carbons (Fsp3) is 0.0769. The summed E-state index contributed by atoms with van der Waals surface area (Å²) >= 11 is 6.73. The summed E-state index contributed by atoms with van der Waals surface area (Å²) in [6.07, 6.45) is 3.44. The Labute approximate surface area is 195 Å². The van der Waals surface area contributed by atoms with Crippen LogP contribution in [0.15, 0.2) is 94.4 Å². The topological polar surface area (TPSA) is 42.7 Å². The van der Waals surface area contributed by atoms with E-state index in [1.807, 2.05) is 54.6 Å². The molecule has 1 amide bonds. The first-order valence-corrected chi connectivity index (χ1v) is 11.4. The number of amides is 1. The van der Waals surface area contributed by atoms with E-state index in [1.165, 1.54) is 22.5 Å². The highest BCUT2D eigenvalue weighted by atomic mass is 32.2. The molecule has 0 atom stereocenters. The van der Waals surface area contributed by atoms with Crippen LogP contribution in [0.5, 0.6) is 5.75 Å². The molecule has 0 radical (unpaired) electrons. The van der Waals surface area contributed by atoms with E-state index >= 15 is 0 Å². The third-order valence-corrected chi connectivity index (χ3v) is 6.61. The molecular formula is C26H19NO3S2. The molecule has 1 saturated heterocycles. The van der Waals surface area contributed by atoms with Gasteiger partial charge in [-0.3, -0.25) is 9.69 Å². The molecule has 1 aromatic heterocycles. The molecule has 1 aliphatic rings. The van der Waals surface area contributed by atoms with E-state index < -0.39 is 0 Å². The number of benzene rings is 3. The first kappa shape index (κ1) is 20.5. The number of para-hydroxylation sites is 1. The second-order valence-electron chi connectivity index (χ2n) is 7.31. The zero-order valence-corrected chi connectivity index (χ0v) is 18.7. The van der Waals surface area contributed by atoms with Gasteiger partial charge in [0.25, 0.3) is 5.91 Å². The van der Waals surface area contributed by atoms with Gasteiger partial charge in [-0.15, -0.1) is 0 Å². The van der Waals surface area contributed by atoms with Crippen LogP contribution in [0.25, 0.3) is 16.8 Å². The van der Waals surface area contributed by atoms with Crippen molar-refractivity contribution in [3.63, 3.8) is 0 Å². The zero-order chi connectivity index (χ0) is 21.9. The van der Waals surface area contributed by atoms with Crippen molar-refractivity contribution in [1.29, 1.82) is 0 Å². The van der Waals surface area contributed by atoms with E-state index in [9.17, 15) is 4.79 Å². The van der Waals surface area contributed by atoms with Crippen molar-refractivity contribution in [3.8, 4) is 5.75 Å². The van der Waals surface area contributed by atoms with Crippen LogP contribution in [-0.2, 0) is 17.9 Å². The van der Waals surface area contributed by atoms with Gasteiger partial charge < -0.3 is 9.15 Å².